The molecule has 0 unspecified atom stereocenters. The molecule has 1 aromatic carbocycles. The van der Waals surface area contributed by atoms with Crippen molar-refractivity contribution < 1.29 is 37.7 Å². The van der Waals surface area contributed by atoms with E-state index in [1.165, 1.54) is 10.4 Å². The first kappa shape index (κ1) is 26.5. The quantitative estimate of drug-likeness (QED) is 0.498. The van der Waals surface area contributed by atoms with Crippen molar-refractivity contribution in [3.05, 3.63) is 35.0 Å². The van der Waals surface area contributed by atoms with E-state index in [1.54, 1.807) is 17.7 Å². The van der Waals surface area contributed by atoms with Crippen molar-refractivity contribution in [1.29, 1.82) is 0 Å². The second kappa shape index (κ2) is 10.5. The first-order valence-electron chi connectivity index (χ1n) is 11.3. The Bertz CT molecular complexity index is 1300. The van der Waals surface area contributed by atoms with E-state index in [-0.39, 0.29) is 12.6 Å². The summed E-state index contributed by atoms with van der Waals surface area (Å²) >= 11 is 1.66. The number of thiazole rings is 1. The Hall–Kier alpha value is -3.52. The van der Waals surface area contributed by atoms with Gasteiger partial charge in [-0.25, -0.2) is 19.4 Å². The van der Waals surface area contributed by atoms with Gasteiger partial charge in [-0.05, 0) is 31.5 Å². The van der Waals surface area contributed by atoms with Gasteiger partial charge in [0.1, 0.15) is 12.1 Å². The number of benzene rings is 1. The van der Waals surface area contributed by atoms with Crippen LogP contribution in [0.2, 0.25) is 0 Å². The van der Waals surface area contributed by atoms with Crippen LogP contribution in [0.15, 0.2) is 24.5 Å². The molecular formula is C23H24F3N5O5S. The number of carboxylic acid groups (broad SMARTS) is 2. The average Bonchev–Trinajstić information content (AvgIpc) is 3.40. The van der Waals surface area contributed by atoms with E-state index in [0.29, 0.717) is 12.5 Å². The van der Waals surface area contributed by atoms with Crippen LogP contribution in [0.3, 0.4) is 0 Å². The van der Waals surface area contributed by atoms with Gasteiger partial charge in [-0.1, -0.05) is 6.07 Å². The number of hydrogen-bond donors (Lipinski definition) is 2. The molecule has 0 aliphatic carbocycles. The summed E-state index contributed by atoms with van der Waals surface area (Å²) in [5.74, 6) is -1.54. The van der Waals surface area contributed by atoms with Crippen LogP contribution in [0, 0.1) is 0 Å². The molecule has 2 aliphatic rings. The van der Waals surface area contributed by atoms with E-state index >= 15 is 0 Å². The van der Waals surface area contributed by atoms with Crippen LogP contribution in [-0.2, 0) is 16.0 Å². The third-order valence-electron chi connectivity index (χ3n) is 5.83. The van der Waals surface area contributed by atoms with Crippen molar-refractivity contribution in [1.82, 2.24) is 24.6 Å². The van der Waals surface area contributed by atoms with Gasteiger partial charge in [-0.3, -0.25) is 9.69 Å². The van der Waals surface area contributed by atoms with Crippen LogP contribution in [0.5, 0.6) is 5.75 Å². The summed E-state index contributed by atoms with van der Waals surface area (Å²) in [7, 11) is 0. The Balaban J connectivity index is 0.000000405. The minimum absolute atomic E-state index is 0.101. The van der Waals surface area contributed by atoms with Gasteiger partial charge < -0.3 is 14.9 Å². The zero-order valence-corrected chi connectivity index (χ0v) is 20.7. The number of fused-ring (bicyclic) bond motifs is 3. The monoisotopic (exact) mass is 539 g/mol. The van der Waals surface area contributed by atoms with E-state index in [9.17, 15) is 18.0 Å². The second-order valence-corrected chi connectivity index (χ2v) is 9.94. The summed E-state index contributed by atoms with van der Waals surface area (Å²) in [4.78, 5) is 32.3. The number of alkyl halides is 3. The van der Waals surface area contributed by atoms with E-state index in [0.717, 1.165) is 47.3 Å². The predicted octanol–water partition coefficient (Wildman–Crippen LogP) is 3.70. The normalized spacial score (nSPS) is 15.5. The fourth-order valence-electron chi connectivity index (χ4n) is 4.07. The highest BCUT2D eigenvalue weighted by molar-refractivity contribution is 7.15. The van der Waals surface area contributed by atoms with Crippen LogP contribution >= 0.6 is 11.3 Å². The Morgan fingerprint density at radius 3 is 2.57 bits per heavy atom. The minimum atomic E-state index is -5.08. The summed E-state index contributed by atoms with van der Waals surface area (Å²) in [5, 5.41) is 21.3. The lowest BCUT2D eigenvalue weighted by molar-refractivity contribution is -0.192. The summed E-state index contributed by atoms with van der Waals surface area (Å²) in [6.07, 6.45) is -2.69. The molecular weight excluding hydrogens is 515 g/mol. The lowest BCUT2D eigenvalue weighted by Gasteiger charge is -2.38. The van der Waals surface area contributed by atoms with Gasteiger partial charge in [0.2, 0.25) is 0 Å². The van der Waals surface area contributed by atoms with Crippen LogP contribution in [0.1, 0.15) is 36.2 Å². The molecule has 2 aliphatic heterocycles. The number of likely N-dealkylation sites (tertiary alicyclic amines) is 1. The molecule has 2 aromatic heterocycles. The Morgan fingerprint density at radius 1 is 1.24 bits per heavy atom. The molecule has 0 radical (unpaired) electrons. The number of carboxylic acids is 2. The maximum Gasteiger partial charge on any atom is 0.490 e. The van der Waals surface area contributed by atoms with Gasteiger partial charge >= 0.3 is 18.1 Å². The zero-order chi connectivity index (χ0) is 26.9. The largest absolute Gasteiger partial charge is 0.492 e. The molecule has 1 fully saturated rings. The molecule has 3 aromatic rings. The molecule has 0 saturated carbocycles. The molecule has 2 N–H and O–H groups in total. The predicted molar refractivity (Wildman–Crippen MR) is 127 cm³/mol. The topological polar surface area (TPSA) is 131 Å². The van der Waals surface area contributed by atoms with Gasteiger partial charge in [-0.15, -0.1) is 11.3 Å². The smallest absolute Gasteiger partial charge is 0.490 e. The first-order valence-corrected chi connectivity index (χ1v) is 12.2. The number of rotatable bonds is 5. The molecule has 0 spiro atoms. The Kier molecular flexibility index (Phi) is 7.50. The number of aromatic nitrogens is 4. The standard InChI is InChI=1S/C21H23N5O3S.C2HF3O2/c1-12(2)26-20(22-11-23-26)21-24-19-15-4-3-13(14-8-25(9-14)10-18(27)28)7-16(15)29-6-5-17(19)30-21;3-2(4,5)1(6)7/h3-4,7,11-12,14H,5-6,8-10H2,1-2H3,(H,27,28);(H,6,7). The summed E-state index contributed by atoms with van der Waals surface area (Å²) in [6.45, 7) is 6.41. The second-order valence-electron chi connectivity index (χ2n) is 8.85. The molecule has 5 rings (SSSR count). The lowest BCUT2D eigenvalue weighted by Crippen LogP contribution is -2.47. The van der Waals surface area contributed by atoms with E-state index in [1.807, 2.05) is 9.58 Å². The summed E-state index contributed by atoms with van der Waals surface area (Å²) in [5.41, 5.74) is 3.16. The number of nitrogens with zero attached hydrogens (tertiary/aromatic N) is 5. The highest BCUT2D eigenvalue weighted by Gasteiger charge is 2.38. The average molecular weight is 540 g/mol. The maximum atomic E-state index is 10.9. The number of hydrogen-bond acceptors (Lipinski definition) is 8. The molecule has 37 heavy (non-hydrogen) atoms. The molecule has 4 heterocycles. The molecule has 0 amide bonds. The van der Waals surface area contributed by atoms with Crippen molar-refractivity contribution in [2.75, 3.05) is 26.2 Å². The molecule has 0 atom stereocenters. The maximum absolute atomic E-state index is 10.9. The van der Waals surface area contributed by atoms with Gasteiger partial charge in [0, 0.05) is 41.9 Å². The van der Waals surface area contributed by atoms with Crippen molar-refractivity contribution >= 4 is 23.3 Å². The highest BCUT2D eigenvalue weighted by Crippen LogP contribution is 2.42. The van der Waals surface area contributed by atoms with Gasteiger partial charge in [-0.2, -0.15) is 18.3 Å². The number of aliphatic carboxylic acids is 2. The Morgan fingerprint density at radius 2 is 1.95 bits per heavy atom. The summed E-state index contributed by atoms with van der Waals surface area (Å²) in [6, 6.07) is 6.52. The Labute approximate surface area is 213 Å². The van der Waals surface area contributed by atoms with Crippen LogP contribution in [0.25, 0.3) is 22.1 Å². The number of halogens is 3. The minimum Gasteiger partial charge on any atom is -0.492 e. The summed E-state index contributed by atoms with van der Waals surface area (Å²) < 4.78 is 39.7. The van der Waals surface area contributed by atoms with Gasteiger partial charge in [0.05, 0.1) is 18.8 Å². The molecule has 14 heteroatoms. The SMILES string of the molecule is CC(C)n1ncnc1-c1nc2c(s1)CCOc1cc(C3CN(CC(=O)O)C3)ccc1-2.O=C(O)C(F)(F)F. The molecule has 0 bridgehead atoms. The lowest BCUT2D eigenvalue weighted by atomic mass is 9.90. The molecule has 1 saturated heterocycles. The third-order valence-corrected chi connectivity index (χ3v) is 6.94. The zero-order valence-electron chi connectivity index (χ0n) is 19.9. The first-order chi connectivity index (χ1) is 17.4. The number of carbonyl (C=O) groups is 2. The van der Waals surface area contributed by atoms with Crippen LogP contribution in [0.4, 0.5) is 13.2 Å². The van der Waals surface area contributed by atoms with Crippen LogP contribution in [-0.4, -0.2) is 79.2 Å². The van der Waals surface area contributed by atoms with Crippen molar-refractivity contribution in [3.8, 4) is 27.8 Å². The highest BCUT2D eigenvalue weighted by atomic mass is 32.1. The van der Waals surface area contributed by atoms with Gasteiger partial charge in [0.15, 0.2) is 10.8 Å². The molecule has 10 nitrogen and oxygen atoms in total. The van der Waals surface area contributed by atoms with E-state index < -0.39 is 18.1 Å². The third kappa shape index (κ3) is 5.91. The van der Waals surface area contributed by atoms with Crippen molar-refractivity contribution in [2.24, 2.45) is 0 Å². The van der Waals surface area contributed by atoms with E-state index in [4.69, 9.17) is 24.7 Å². The fraction of sp³-hybridized carbons (Fsp3) is 0.435. The fourth-order valence-corrected chi connectivity index (χ4v) is 5.12. The van der Waals surface area contributed by atoms with Crippen LogP contribution < -0.4 is 4.74 Å². The van der Waals surface area contributed by atoms with E-state index in [2.05, 4.69) is 42.1 Å². The number of ether oxygens (including phenoxy) is 1. The van der Waals surface area contributed by atoms with Crippen molar-refractivity contribution in [2.45, 2.75) is 38.4 Å². The van der Waals surface area contributed by atoms with Gasteiger partial charge in [0.25, 0.3) is 0 Å². The van der Waals surface area contributed by atoms with Crippen molar-refractivity contribution in [3.63, 3.8) is 0 Å². The molecule has 198 valence electrons.